The van der Waals surface area contributed by atoms with E-state index in [1.54, 1.807) is 12.4 Å². The molecule has 3 heterocycles. The second-order valence-electron chi connectivity index (χ2n) is 5.12. The molecule has 0 unspecified atom stereocenters. The van der Waals surface area contributed by atoms with Crippen LogP contribution in [0.2, 0.25) is 5.02 Å². The highest BCUT2D eigenvalue weighted by molar-refractivity contribution is 9.10. The van der Waals surface area contributed by atoms with Crippen molar-refractivity contribution >= 4 is 45.0 Å². The number of hydrogen-bond acceptors (Lipinski definition) is 4. The van der Waals surface area contributed by atoms with Crippen molar-refractivity contribution in [1.29, 1.82) is 0 Å². The minimum Gasteiger partial charge on any atom is -0.369 e. The van der Waals surface area contributed by atoms with Crippen molar-refractivity contribution in [3.8, 4) is 0 Å². The smallest absolute Gasteiger partial charge is 0.253 e. The number of aromatic nitrogens is 1. The van der Waals surface area contributed by atoms with Crippen LogP contribution in [-0.2, 0) is 4.79 Å². The minimum atomic E-state index is -0.577. The molecular formula is C13H14BrClN4O. The Kier molecular flexibility index (Phi) is 3.46. The quantitative estimate of drug-likeness (QED) is 0.839. The minimum absolute atomic E-state index is 0.0227. The van der Waals surface area contributed by atoms with Crippen LogP contribution < -0.4 is 10.2 Å². The first-order valence-electron chi connectivity index (χ1n) is 6.44. The first-order valence-corrected chi connectivity index (χ1v) is 7.61. The summed E-state index contributed by atoms with van der Waals surface area (Å²) in [6.45, 7) is 3.31. The molecule has 1 aromatic rings. The van der Waals surface area contributed by atoms with E-state index < -0.39 is 5.54 Å². The number of hydrogen-bond donors (Lipinski definition) is 1. The highest BCUT2D eigenvalue weighted by Gasteiger charge is 2.45. The lowest BCUT2D eigenvalue weighted by atomic mass is 9.88. The first kappa shape index (κ1) is 13.8. The van der Waals surface area contributed by atoms with Gasteiger partial charge in [0.15, 0.2) is 0 Å². The van der Waals surface area contributed by atoms with Gasteiger partial charge in [-0.1, -0.05) is 11.6 Å². The Bertz CT molecular complexity index is 576. The second-order valence-corrected chi connectivity index (χ2v) is 6.38. The molecule has 1 aromatic heterocycles. The fraction of sp³-hybridized carbons (Fsp3) is 0.462. The zero-order chi connectivity index (χ0) is 14.3. The third-order valence-electron chi connectivity index (χ3n) is 3.83. The van der Waals surface area contributed by atoms with Crippen molar-refractivity contribution < 1.29 is 4.79 Å². The van der Waals surface area contributed by atoms with E-state index in [0.29, 0.717) is 23.7 Å². The van der Waals surface area contributed by atoms with Gasteiger partial charge in [-0.3, -0.25) is 14.8 Å². The molecule has 0 aliphatic carbocycles. The molecule has 1 N–H and O–H groups in total. The molecule has 0 aromatic carbocycles. The molecule has 7 heteroatoms. The van der Waals surface area contributed by atoms with Crippen LogP contribution in [0.25, 0.3) is 0 Å². The zero-order valence-electron chi connectivity index (χ0n) is 11.0. The lowest BCUT2D eigenvalue weighted by Crippen LogP contribution is -2.49. The van der Waals surface area contributed by atoms with Gasteiger partial charge >= 0.3 is 0 Å². The van der Waals surface area contributed by atoms with Crippen LogP contribution in [0.4, 0.5) is 5.69 Å². The highest BCUT2D eigenvalue weighted by atomic mass is 79.9. The van der Waals surface area contributed by atoms with Gasteiger partial charge in [-0.25, -0.2) is 0 Å². The largest absolute Gasteiger partial charge is 0.369 e. The molecule has 2 aliphatic rings. The van der Waals surface area contributed by atoms with Gasteiger partial charge in [0.05, 0.1) is 15.2 Å². The Morgan fingerprint density at radius 2 is 2.10 bits per heavy atom. The molecule has 3 rings (SSSR count). The lowest BCUT2D eigenvalue weighted by molar-refractivity contribution is -0.124. The molecule has 1 spiro atoms. The van der Waals surface area contributed by atoms with Crippen molar-refractivity contribution in [1.82, 2.24) is 10.3 Å². The Balaban J connectivity index is 1.81. The average molecular weight is 358 g/mol. The van der Waals surface area contributed by atoms with Crippen LogP contribution >= 0.6 is 27.5 Å². The number of nitrogens with one attached hydrogen (secondary N) is 1. The van der Waals surface area contributed by atoms with Crippen molar-refractivity contribution in [3.05, 3.63) is 21.9 Å². The molecular weight excluding hydrogens is 344 g/mol. The fourth-order valence-corrected chi connectivity index (χ4v) is 3.80. The van der Waals surface area contributed by atoms with E-state index in [1.807, 2.05) is 6.92 Å². The third-order valence-corrected chi connectivity index (χ3v) is 4.69. The summed E-state index contributed by atoms with van der Waals surface area (Å²) in [7, 11) is 0. The van der Waals surface area contributed by atoms with Gasteiger partial charge in [-0.05, 0) is 35.7 Å². The van der Waals surface area contributed by atoms with Crippen LogP contribution in [0, 0.1) is 0 Å². The molecule has 0 saturated carbocycles. The molecule has 1 amide bonds. The molecule has 1 saturated heterocycles. The molecule has 0 radical (unpaired) electrons. The van der Waals surface area contributed by atoms with Gasteiger partial charge in [-0.2, -0.15) is 0 Å². The first-order chi connectivity index (χ1) is 9.52. The maximum Gasteiger partial charge on any atom is 0.253 e. The normalized spacial score (nSPS) is 21.1. The third kappa shape index (κ3) is 2.20. The van der Waals surface area contributed by atoms with Crippen molar-refractivity contribution in [2.45, 2.75) is 25.3 Å². The van der Waals surface area contributed by atoms with E-state index in [-0.39, 0.29) is 5.91 Å². The maximum atomic E-state index is 12.0. The number of carbonyl (C=O) groups is 1. The van der Waals surface area contributed by atoms with E-state index in [2.05, 4.69) is 36.1 Å². The number of amides is 1. The Labute approximate surface area is 130 Å². The topological polar surface area (TPSA) is 57.6 Å². The summed E-state index contributed by atoms with van der Waals surface area (Å²) in [5.41, 5.74) is 0.364. The summed E-state index contributed by atoms with van der Waals surface area (Å²) < 4.78 is 0.872. The van der Waals surface area contributed by atoms with E-state index in [4.69, 9.17) is 11.6 Å². The number of halogens is 2. The molecule has 0 atom stereocenters. The summed E-state index contributed by atoms with van der Waals surface area (Å²) in [5, 5.41) is 3.42. The number of aliphatic imine (C=N–C) groups is 1. The number of pyridine rings is 1. The van der Waals surface area contributed by atoms with Crippen LogP contribution in [0.5, 0.6) is 0 Å². The van der Waals surface area contributed by atoms with Gasteiger partial charge in [0.1, 0.15) is 11.4 Å². The second kappa shape index (κ2) is 5.00. The molecule has 1 fully saturated rings. The number of nitrogens with zero attached hydrogens (tertiary/aromatic N) is 3. The van der Waals surface area contributed by atoms with Crippen LogP contribution in [-0.4, -0.2) is 35.4 Å². The molecule has 5 nitrogen and oxygen atoms in total. The lowest BCUT2D eigenvalue weighted by Gasteiger charge is -2.37. The van der Waals surface area contributed by atoms with E-state index >= 15 is 0 Å². The van der Waals surface area contributed by atoms with Crippen LogP contribution in [0.3, 0.4) is 0 Å². The number of carbonyl (C=O) groups excluding carboxylic acids is 1. The van der Waals surface area contributed by atoms with Gasteiger partial charge in [-0.15, -0.1) is 0 Å². The average Bonchev–Trinajstić information content (AvgIpc) is 2.66. The van der Waals surface area contributed by atoms with Crippen molar-refractivity contribution in [3.63, 3.8) is 0 Å². The molecule has 20 heavy (non-hydrogen) atoms. The standard InChI is InChI=1S/C13H14BrClN4O/c1-8-17-12(20)13(18-8)2-4-19(5-3-13)11-9(14)6-16-7-10(11)15/h6-7H,2-5H2,1H3,(H,17,18,20). The SMILES string of the molecule is CC1=NC2(CCN(c3c(Cl)cncc3Br)CC2)C(=O)N1. The summed E-state index contributed by atoms with van der Waals surface area (Å²) >= 11 is 9.71. The number of amidine groups is 1. The van der Waals surface area contributed by atoms with Gasteiger partial charge in [0.25, 0.3) is 5.91 Å². The fourth-order valence-electron chi connectivity index (χ4n) is 2.83. The number of piperidine rings is 1. The summed E-state index contributed by atoms with van der Waals surface area (Å²) in [5.74, 6) is 0.737. The predicted octanol–water partition coefficient (Wildman–Crippen LogP) is 2.38. The van der Waals surface area contributed by atoms with Crippen molar-refractivity contribution in [2.24, 2.45) is 4.99 Å². The predicted molar refractivity (Wildman–Crippen MR) is 82.4 cm³/mol. The summed E-state index contributed by atoms with van der Waals surface area (Å²) in [6.07, 6.45) is 4.76. The summed E-state index contributed by atoms with van der Waals surface area (Å²) in [6, 6.07) is 0. The van der Waals surface area contributed by atoms with Crippen LogP contribution in [0.15, 0.2) is 21.9 Å². The van der Waals surface area contributed by atoms with E-state index in [9.17, 15) is 4.79 Å². The molecule has 2 aliphatic heterocycles. The Morgan fingerprint density at radius 3 is 2.65 bits per heavy atom. The molecule has 0 bridgehead atoms. The van der Waals surface area contributed by atoms with Gasteiger partial charge in [0, 0.05) is 25.5 Å². The summed E-state index contributed by atoms with van der Waals surface area (Å²) in [4.78, 5) is 22.8. The van der Waals surface area contributed by atoms with E-state index in [0.717, 1.165) is 23.2 Å². The monoisotopic (exact) mass is 356 g/mol. The zero-order valence-corrected chi connectivity index (χ0v) is 13.3. The Morgan fingerprint density at radius 1 is 1.40 bits per heavy atom. The Hall–Kier alpha value is -1.14. The van der Waals surface area contributed by atoms with Gasteiger partial charge in [0.2, 0.25) is 0 Å². The number of anilines is 1. The highest BCUT2D eigenvalue weighted by Crippen LogP contribution is 2.37. The van der Waals surface area contributed by atoms with Crippen molar-refractivity contribution in [2.75, 3.05) is 18.0 Å². The maximum absolute atomic E-state index is 12.0. The van der Waals surface area contributed by atoms with Gasteiger partial charge < -0.3 is 10.2 Å². The molecule has 106 valence electrons. The number of rotatable bonds is 1. The van der Waals surface area contributed by atoms with Crippen LogP contribution in [0.1, 0.15) is 19.8 Å². The van der Waals surface area contributed by atoms with E-state index in [1.165, 1.54) is 0 Å².